The van der Waals surface area contributed by atoms with Crippen LogP contribution in [0, 0.1) is 0 Å². The Morgan fingerprint density at radius 3 is 2.29 bits per heavy atom. The van der Waals surface area contributed by atoms with Crippen LogP contribution in [0.4, 0.5) is 0 Å². The lowest BCUT2D eigenvalue weighted by atomic mass is 10.0. The van der Waals surface area contributed by atoms with Gasteiger partial charge in [0.1, 0.15) is 12.4 Å². The van der Waals surface area contributed by atoms with Crippen molar-refractivity contribution in [2.24, 2.45) is 0 Å². The summed E-state index contributed by atoms with van der Waals surface area (Å²) in [6, 6.07) is 5.95. The summed E-state index contributed by atoms with van der Waals surface area (Å²) in [7, 11) is -2.95. The number of hydrogen-bond acceptors (Lipinski definition) is 3. The van der Waals surface area contributed by atoms with Gasteiger partial charge in [-0.25, -0.2) is 8.42 Å². The maximum atomic E-state index is 11.0. The SMILES string of the molecule is CCc1ccc(OCCS(C)(=O)=O)cc1CC. The number of sulfone groups is 1. The predicted molar refractivity (Wildman–Crippen MR) is 70.4 cm³/mol. The molecule has 0 aliphatic carbocycles. The Hall–Kier alpha value is -1.03. The van der Waals surface area contributed by atoms with Crippen LogP contribution in [0.3, 0.4) is 0 Å². The summed E-state index contributed by atoms with van der Waals surface area (Å²) in [6.07, 6.45) is 3.19. The highest BCUT2D eigenvalue weighted by molar-refractivity contribution is 7.90. The molecule has 1 aromatic rings. The largest absolute Gasteiger partial charge is 0.493 e. The maximum absolute atomic E-state index is 11.0. The van der Waals surface area contributed by atoms with Crippen LogP contribution in [0.5, 0.6) is 5.75 Å². The summed E-state index contributed by atoms with van der Waals surface area (Å²) in [6.45, 7) is 4.45. The molecule has 1 rings (SSSR count). The predicted octanol–water partition coefficient (Wildman–Crippen LogP) is 2.23. The van der Waals surface area contributed by atoms with Gasteiger partial charge in [-0.15, -0.1) is 0 Å². The van der Waals surface area contributed by atoms with Gasteiger partial charge in [0, 0.05) is 6.26 Å². The van der Waals surface area contributed by atoms with Crippen molar-refractivity contribution in [2.45, 2.75) is 26.7 Å². The van der Waals surface area contributed by atoms with Gasteiger partial charge in [0.05, 0.1) is 5.75 Å². The fourth-order valence-electron chi connectivity index (χ4n) is 1.68. The van der Waals surface area contributed by atoms with Crippen LogP contribution in [0.25, 0.3) is 0 Å². The van der Waals surface area contributed by atoms with Gasteiger partial charge in [-0.2, -0.15) is 0 Å². The van der Waals surface area contributed by atoms with Crippen molar-refractivity contribution in [2.75, 3.05) is 18.6 Å². The maximum Gasteiger partial charge on any atom is 0.150 e. The highest BCUT2D eigenvalue weighted by Crippen LogP contribution is 2.19. The van der Waals surface area contributed by atoms with E-state index in [0.717, 1.165) is 18.6 Å². The van der Waals surface area contributed by atoms with Gasteiger partial charge in [-0.05, 0) is 36.1 Å². The molecule has 0 amide bonds. The quantitative estimate of drug-likeness (QED) is 0.784. The molecular weight excluding hydrogens is 236 g/mol. The summed E-state index contributed by atoms with van der Waals surface area (Å²) in [5.74, 6) is 0.812. The minimum atomic E-state index is -2.95. The van der Waals surface area contributed by atoms with E-state index in [1.165, 1.54) is 17.4 Å². The lowest BCUT2D eigenvalue weighted by Crippen LogP contribution is -2.12. The van der Waals surface area contributed by atoms with E-state index in [0.29, 0.717) is 0 Å². The van der Waals surface area contributed by atoms with Crippen LogP contribution < -0.4 is 4.74 Å². The van der Waals surface area contributed by atoms with Crippen LogP contribution >= 0.6 is 0 Å². The smallest absolute Gasteiger partial charge is 0.150 e. The minimum absolute atomic E-state index is 0.0595. The Kier molecular flexibility index (Phi) is 5.00. The Balaban J connectivity index is 2.66. The molecule has 0 fully saturated rings. The van der Waals surface area contributed by atoms with Crippen molar-refractivity contribution in [1.29, 1.82) is 0 Å². The molecular formula is C13H20O3S. The molecule has 17 heavy (non-hydrogen) atoms. The molecule has 96 valence electrons. The van der Waals surface area contributed by atoms with Crippen molar-refractivity contribution >= 4 is 9.84 Å². The molecule has 4 heteroatoms. The molecule has 0 atom stereocenters. The van der Waals surface area contributed by atoms with Crippen LogP contribution in [-0.2, 0) is 22.7 Å². The van der Waals surface area contributed by atoms with Crippen molar-refractivity contribution in [1.82, 2.24) is 0 Å². The summed E-state index contributed by atoms with van der Waals surface area (Å²) in [5.41, 5.74) is 2.59. The van der Waals surface area contributed by atoms with Gasteiger partial charge in [-0.1, -0.05) is 19.9 Å². The molecule has 3 nitrogen and oxygen atoms in total. The monoisotopic (exact) mass is 256 g/mol. The first-order valence-corrected chi connectivity index (χ1v) is 7.94. The number of aryl methyl sites for hydroxylation is 2. The average molecular weight is 256 g/mol. The second kappa shape index (κ2) is 6.05. The summed E-state index contributed by atoms with van der Waals surface area (Å²) >= 11 is 0. The van der Waals surface area contributed by atoms with E-state index in [2.05, 4.69) is 19.9 Å². The standard InChI is InChI=1S/C13H20O3S/c1-4-11-6-7-13(10-12(11)5-2)16-8-9-17(3,14)15/h6-7,10H,4-5,8-9H2,1-3H3. The van der Waals surface area contributed by atoms with Crippen molar-refractivity contribution in [3.05, 3.63) is 29.3 Å². The van der Waals surface area contributed by atoms with Gasteiger partial charge in [0.25, 0.3) is 0 Å². The molecule has 0 heterocycles. The third-order valence-electron chi connectivity index (χ3n) is 2.66. The van der Waals surface area contributed by atoms with Crippen LogP contribution in [0.15, 0.2) is 18.2 Å². The van der Waals surface area contributed by atoms with Gasteiger partial charge in [0.15, 0.2) is 9.84 Å². The van der Waals surface area contributed by atoms with Crippen LogP contribution in [0.2, 0.25) is 0 Å². The van der Waals surface area contributed by atoms with Crippen LogP contribution in [-0.4, -0.2) is 27.0 Å². The minimum Gasteiger partial charge on any atom is -0.493 e. The second-order valence-corrected chi connectivity index (χ2v) is 6.38. The Bertz CT molecular complexity index is 464. The van der Waals surface area contributed by atoms with E-state index in [-0.39, 0.29) is 12.4 Å². The molecule has 0 radical (unpaired) electrons. The van der Waals surface area contributed by atoms with Gasteiger partial charge < -0.3 is 4.74 Å². The third kappa shape index (κ3) is 4.77. The Morgan fingerprint density at radius 2 is 1.76 bits per heavy atom. The van der Waals surface area contributed by atoms with Gasteiger partial charge in [-0.3, -0.25) is 0 Å². The molecule has 0 saturated heterocycles. The van der Waals surface area contributed by atoms with Crippen molar-refractivity contribution in [3.63, 3.8) is 0 Å². The first-order valence-electron chi connectivity index (χ1n) is 5.88. The molecule has 0 bridgehead atoms. The fraction of sp³-hybridized carbons (Fsp3) is 0.538. The first kappa shape index (κ1) is 14.0. The molecule has 0 unspecified atom stereocenters. The third-order valence-corrected chi connectivity index (χ3v) is 3.57. The highest BCUT2D eigenvalue weighted by Gasteiger charge is 2.04. The molecule has 0 aliphatic heterocycles. The van der Waals surface area contributed by atoms with Gasteiger partial charge >= 0.3 is 0 Å². The summed E-state index contributed by atoms with van der Waals surface area (Å²) in [5, 5.41) is 0. The molecule has 0 N–H and O–H groups in total. The second-order valence-electron chi connectivity index (χ2n) is 4.12. The highest BCUT2D eigenvalue weighted by atomic mass is 32.2. The molecule has 0 aromatic heterocycles. The van der Waals surface area contributed by atoms with Crippen LogP contribution in [0.1, 0.15) is 25.0 Å². The van der Waals surface area contributed by atoms with Crippen molar-refractivity contribution in [3.8, 4) is 5.75 Å². The zero-order valence-electron chi connectivity index (χ0n) is 10.7. The topological polar surface area (TPSA) is 43.4 Å². The average Bonchev–Trinajstić information content (AvgIpc) is 2.27. The Labute approximate surface area is 104 Å². The summed E-state index contributed by atoms with van der Waals surface area (Å²) < 4.78 is 27.4. The van der Waals surface area contributed by atoms with E-state index in [1.54, 1.807) is 0 Å². The Morgan fingerprint density at radius 1 is 1.12 bits per heavy atom. The lowest BCUT2D eigenvalue weighted by molar-refractivity contribution is 0.340. The number of ether oxygens (including phenoxy) is 1. The number of rotatable bonds is 6. The zero-order valence-corrected chi connectivity index (χ0v) is 11.5. The molecule has 1 aromatic carbocycles. The van der Waals surface area contributed by atoms with E-state index in [9.17, 15) is 8.42 Å². The van der Waals surface area contributed by atoms with E-state index >= 15 is 0 Å². The lowest BCUT2D eigenvalue weighted by Gasteiger charge is -2.10. The number of hydrogen-bond donors (Lipinski definition) is 0. The fourth-order valence-corrected chi connectivity index (χ4v) is 2.06. The zero-order chi connectivity index (χ0) is 12.9. The van der Waals surface area contributed by atoms with E-state index in [4.69, 9.17) is 4.74 Å². The van der Waals surface area contributed by atoms with E-state index < -0.39 is 9.84 Å². The first-order chi connectivity index (χ1) is 7.96. The van der Waals surface area contributed by atoms with E-state index in [1.807, 2.05) is 12.1 Å². The molecule has 0 saturated carbocycles. The van der Waals surface area contributed by atoms with Crippen molar-refractivity contribution < 1.29 is 13.2 Å². The number of benzene rings is 1. The molecule has 0 spiro atoms. The van der Waals surface area contributed by atoms with Gasteiger partial charge in [0.2, 0.25) is 0 Å². The molecule has 0 aliphatic rings. The normalized spacial score (nSPS) is 11.5. The summed E-state index contributed by atoms with van der Waals surface area (Å²) in [4.78, 5) is 0.